The van der Waals surface area contributed by atoms with Gasteiger partial charge >= 0.3 is 12.0 Å². The van der Waals surface area contributed by atoms with Crippen LogP contribution in [0.25, 0.3) is 0 Å². The Hall–Kier alpha value is -1.30. The molecular weight excluding hydrogens is 248 g/mol. The third-order valence-corrected chi connectivity index (χ3v) is 3.69. The Bertz CT molecular complexity index is 335. The lowest BCUT2D eigenvalue weighted by molar-refractivity contribution is -0.141. The van der Waals surface area contributed by atoms with Crippen LogP contribution in [-0.4, -0.2) is 63.8 Å². The average molecular weight is 272 g/mol. The Morgan fingerprint density at radius 3 is 2.53 bits per heavy atom. The minimum Gasteiger partial charge on any atom is -0.480 e. The minimum atomic E-state index is -1.05. The summed E-state index contributed by atoms with van der Waals surface area (Å²) in [6, 6.07) is -1.19. The summed E-state index contributed by atoms with van der Waals surface area (Å²) in [4.78, 5) is 26.4. The first-order valence-electron chi connectivity index (χ1n) is 6.87. The fourth-order valence-electron chi connectivity index (χ4n) is 2.29. The van der Waals surface area contributed by atoms with E-state index in [-0.39, 0.29) is 19.0 Å². The zero-order valence-corrected chi connectivity index (χ0v) is 11.9. The van der Waals surface area contributed by atoms with E-state index < -0.39 is 18.1 Å². The predicted octanol–water partition coefficient (Wildman–Crippen LogP) is 0.994. The van der Waals surface area contributed by atoms with Crippen molar-refractivity contribution in [3.63, 3.8) is 0 Å². The van der Waals surface area contributed by atoms with Gasteiger partial charge in [-0.25, -0.2) is 9.59 Å². The summed E-state index contributed by atoms with van der Waals surface area (Å²) in [5.74, 6) is -0.677. The van der Waals surface area contributed by atoms with Gasteiger partial charge in [0.15, 0.2) is 0 Å². The van der Waals surface area contributed by atoms with Crippen molar-refractivity contribution in [2.45, 2.75) is 45.8 Å². The van der Waals surface area contributed by atoms with Crippen molar-refractivity contribution < 1.29 is 19.8 Å². The van der Waals surface area contributed by atoms with Crippen molar-refractivity contribution in [2.24, 2.45) is 5.92 Å². The molecule has 0 saturated carbocycles. The highest BCUT2D eigenvalue weighted by atomic mass is 16.4. The fourth-order valence-corrected chi connectivity index (χ4v) is 2.29. The van der Waals surface area contributed by atoms with Gasteiger partial charge in [-0.2, -0.15) is 0 Å². The smallest absolute Gasteiger partial charge is 0.326 e. The predicted molar refractivity (Wildman–Crippen MR) is 70.9 cm³/mol. The number of β-amino-alcohol motifs (C(OH)–C–C–N with tert-alkyl or cyclic N) is 1. The minimum absolute atomic E-state index is 0.104. The molecule has 0 aliphatic carbocycles. The van der Waals surface area contributed by atoms with E-state index in [1.54, 1.807) is 4.90 Å². The van der Waals surface area contributed by atoms with Crippen LogP contribution in [0.2, 0.25) is 0 Å². The number of carboxylic acids is 1. The van der Waals surface area contributed by atoms with Gasteiger partial charge in [0, 0.05) is 26.1 Å². The lowest BCUT2D eigenvalue weighted by atomic mass is 10.1. The van der Waals surface area contributed by atoms with Crippen molar-refractivity contribution in [3.05, 3.63) is 0 Å². The van der Waals surface area contributed by atoms with Crippen molar-refractivity contribution >= 4 is 12.0 Å². The van der Waals surface area contributed by atoms with Gasteiger partial charge in [0.25, 0.3) is 0 Å². The summed E-state index contributed by atoms with van der Waals surface area (Å²) in [6.45, 7) is 7.26. The van der Waals surface area contributed by atoms with Crippen LogP contribution in [0.5, 0.6) is 0 Å². The molecule has 6 heteroatoms. The van der Waals surface area contributed by atoms with Gasteiger partial charge in [-0.15, -0.1) is 0 Å². The lowest BCUT2D eigenvalue weighted by Crippen LogP contribution is -2.49. The van der Waals surface area contributed by atoms with Crippen LogP contribution in [0.3, 0.4) is 0 Å². The molecule has 2 amide bonds. The Balaban J connectivity index is 2.75. The zero-order chi connectivity index (χ0) is 14.6. The summed E-state index contributed by atoms with van der Waals surface area (Å²) < 4.78 is 0. The standard InChI is InChI=1S/C13H24N2O4/c1-4-9(3)7-14(5-2)13(19)15-8-10(16)6-11(15)12(17)18/h9-11,16H,4-8H2,1-3H3,(H,17,18)/t9?,10-,11-/m0/s1. The number of aliphatic carboxylic acids is 1. The summed E-state index contributed by atoms with van der Waals surface area (Å²) in [7, 11) is 0. The highest BCUT2D eigenvalue weighted by Crippen LogP contribution is 2.20. The largest absolute Gasteiger partial charge is 0.480 e. The van der Waals surface area contributed by atoms with Gasteiger partial charge in [-0.3, -0.25) is 0 Å². The normalized spacial score (nSPS) is 24.3. The highest BCUT2D eigenvalue weighted by Gasteiger charge is 2.40. The van der Waals surface area contributed by atoms with E-state index in [1.807, 2.05) is 6.92 Å². The number of likely N-dealkylation sites (tertiary alicyclic amines) is 1. The molecule has 1 fully saturated rings. The second-order valence-electron chi connectivity index (χ2n) is 5.23. The topological polar surface area (TPSA) is 81.1 Å². The van der Waals surface area contributed by atoms with Crippen LogP contribution in [0.15, 0.2) is 0 Å². The molecule has 6 nitrogen and oxygen atoms in total. The molecule has 0 radical (unpaired) electrons. The second-order valence-corrected chi connectivity index (χ2v) is 5.23. The summed E-state index contributed by atoms with van der Waals surface area (Å²) >= 11 is 0. The number of rotatable bonds is 5. The first kappa shape index (κ1) is 15.8. The molecule has 0 aromatic carbocycles. The van der Waals surface area contributed by atoms with Gasteiger partial charge in [-0.1, -0.05) is 20.3 Å². The number of aliphatic hydroxyl groups excluding tert-OH is 1. The molecule has 1 aliphatic heterocycles. The molecule has 0 aromatic heterocycles. The highest BCUT2D eigenvalue weighted by molar-refractivity contribution is 5.83. The van der Waals surface area contributed by atoms with Crippen LogP contribution < -0.4 is 0 Å². The van der Waals surface area contributed by atoms with Crippen molar-refractivity contribution in [3.8, 4) is 0 Å². The molecule has 0 spiro atoms. The number of hydrogen-bond donors (Lipinski definition) is 2. The van der Waals surface area contributed by atoms with Gasteiger partial charge in [0.2, 0.25) is 0 Å². The number of carbonyl (C=O) groups is 2. The van der Waals surface area contributed by atoms with E-state index in [1.165, 1.54) is 4.90 Å². The van der Waals surface area contributed by atoms with E-state index in [4.69, 9.17) is 5.11 Å². The van der Waals surface area contributed by atoms with Crippen LogP contribution >= 0.6 is 0 Å². The fraction of sp³-hybridized carbons (Fsp3) is 0.846. The van der Waals surface area contributed by atoms with Crippen molar-refractivity contribution in [2.75, 3.05) is 19.6 Å². The maximum Gasteiger partial charge on any atom is 0.326 e. The van der Waals surface area contributed by atoms with E-state index in [0.29, 0.717) is 19.0 Å². The van der Waals surface area contributed by atoms with Crippen molar-refractivity contribution in [1.29, 1.82) is 0 Å². The Labute approximate surface area is 114 Å². The first-order chi connectivity index (χ1) is 8.90. The summed E-state index contributed by atoms with van der Waals surface area (Å²) in [6.07, 6.45) is 0.337. The van der Waals surface area contributed by atoms with Crippen molar-refractivity contribution in [1.82, 2.24) is 9.80 Å². The lowest BCUT2D eigenvalue weighted by Gasteiger charge is -2.31. The molecule has 3 atom stereocenters. The average Bonchev–Trinajstić information content (AvgIpc) is 2.77. The molecule has 0 bridgehead atoms. The van der Waals surface area contributed by atoms with Gasteiger partial charge < -0.3 is 20.0 Å². The molecule has 0 aromatic rings. The van der Waals surface area contributed by atoms with Gasteiger partial charge in [0.05, 0.1) is 6.10 Å². The van der Waals surface area contributed by atoms with E-state index in [0.717, 1.165) is 6.42 Å². The van der Waals surface area contributed by atoms with E-state index >= 15 is 0 Å². The number of carbonyl (C=O) groups excluding carboxylic acids is 1. The number of amides is 2. The van der Waals surface area contributed by atoms with Crippen LogP contribution in [0.1, 0.15) is 33.6 Å². The number of urea groups is 1. The molecule has 1 saturated heterocycles. The van der Waals surface area contributed by atoms with Crippen LogP contribution in [0, 0.1) is 5.92 Å². The maximum absolute atomic E-state index is 12.4. The van der Waals surface area contributed by atoms with E-state index in [2.05, 4.69) is 13.8 Å². The Morgan fingerprint density at radius 2 is 2.05 bits per heavy atom. The zero-order valence-electron chi connectivity index (χ0n) is 11.9. The van der Waals surface area contributed by atoms with Gasteiger partial charge in [0.1, 0.15) is 6.04 Å². The molecule has 1 aliphatic rings. The summed E-state index contributed by atoms with van der Waals surface area (Å²) in [5, 5.41) is 18.7. The van der Waals surface area contributed by atoms with E-state index in [9.17, 15) is 14.7 Å². The quantitative estimate of drug-likeness (QED) is 0.782. The SMILES string of the molecule is CCC(C)CN(CC)C(=O)N1C[C@@H](O)C[C@H]1C(=O)O. The molecule has 2 N–H and O–H groups in total. The first-order valence-corrected chi connectivity index (χ1v) is 6.87. The molecular formula is C13H24N2O4. The maximum atomic E-state index is 12.4. The van der Waals surface area contributed by atoms with Crippen LogP contribution in [-0.2, 0) is 4.79 Å². The number of hydrogen-bond acceptors (Lipinski definition) is 3. The Kier molecular flexibility index (Phi) is 5.60. The molecule has 19 heavy (non-hydrogen) atoms. The molecule has 1 heterocycles. The molecule has 1 rings (SSSR count). The second kappa shape index (κ2) is 6.75. The van der Waals surface area contributed by atoms with Gasteiger partial charge in [-0.05, 0) is 12.8 Å². The monoisotopic (exact) mass is 272 g/mol. The molecule has 1 unspecified atom stereocenters. The summed E-state index contributed by atoms with van der Waals surface area (Å²) in [5.41, 5.74) is 0. The third kappa shape index (κ3) is 3.83. The number of aliphatic hydroxyl groups is 1. The van der Waals surface area contributed by atoms with Crippen LogP contribution in [0.4, 0.5) is 4.79 Å². The Morgan fingerprint density at radius 1 is 1.42 bits per heavy atom. The number of carboxylic acid groups (broad SMARTS) is 1. The number of nitrogens with zero attached hydrogens (tertiary/aromatic N) is 2. The third-order valence-electron chi connectivity index (χ3n) is 3.69. The molecule has 110 valence electrons.